The Hall–Kier alpha value is -1.18. The summed E-state index contributed by atoms with van der Waals surface area (Å²) >= 11 is 0. The van der Waals surface area contributed by atoms with Gasteiger partial charge in [0.15, 0.2) is 6.10 Å². The predicted octanol–water partition coefficient (Wildman–Crippen LogP) is -1.80. The van der Waals surface area contributed by atoms with E-state index in [1.54, 1.807) is 0 Å². The van der Waals surface area contributed by atoms with Gasteiger partial charge in [-0.15, -0.1) is 0 Å². The molecule has 0 aliphatic heterocycles. The van der Waals surface area contributed by atoms with Crippen LogP contribution in [0.15, 0.2) is 0 Å². The molecule has 7 heteroatoms. The predicted molar refractivity (Wildman–Crippen MR) is 51.0 cm³/mol. The molecule has 0 aromatic carbocycles. The van der Waals surface area contributed by atoms with Crippen molar-refractivity contribution in [1.82, 2.24) is 0 Å². The van der Waals surface area contributed by atoms with Gasteiger partial charge >= 0.3 is 11.9 Å². The maximum atomic E-state index is 10.4. The highest BCUT2D eigenvalue weighted by atomic mass is 16.4. The lowest BCUT2D eigenvalue weighted by atomic mass is 9.95. The summed E-state index contributed by atoms with van der Waals surface area (Å²) in [4.78, 5) is 20.8. The van der Waals surface area contributed by atoms with Gasteiger partial charge in [0.25, 0.3) is 0 Å². The summed E-state index contributed by atoms with van der Waals surface area (Å²) in [6, 6.07) is -1.06. The molecule has 7 nitrogen and oxygen atoms in total. The Bertz CT molecular complexity index is 233. The van der Waals surface area contributed by atoms with Gasteiger partial charge in [-0.2, -0.15) is 0 Å². The third-order valence-electron chi connectivity index (χ3n) is 2.17. The second kappa shape index (κ2) is 6.33. The van der Waals surface area contributed by atoms with Gasteiger partial charge in [-0.25, -0.2) is 4.79 Å². The van der Waals surface area contributed by atoms with E-state index in [1.165, 1.54) is 0 Å². The molecule has 0 aliphatic carbocycles. The summed E-state index contributed by atoms with van der Waals surface area (Å²) in [7, 11) is 0. The van der Waals surface area contributed by atoms with Crippen LogP contribution >= 0.6 is 0 Å². The number of hydrogen-bond donors (Lipinski definition) is 5. The summed E-state index contributed by atoms with van der Waals surface area (Å²) in [5.41, 5.74) is 10.5. The molecule has 0 saturated carbocycles. The van der Waals surface area contributed by atoms with Gasteiger partial charge in [0, 0.05) is 5.92 Å². The van der Waals surface area contributed by atoms with Crippen LogP contribution in [-0.4, -0.2) is 45.9 Å². The van der Waals surface area contributed by atoms with E-state index in [0.717, 1.165) is 0 Å². The first-order chi connectivity index (χ1) is 6.90. The number of aliphatic hydroxyl groups is 1. The number of aliphatic hydroxyl groups excluding tert-OH is 1. The van der Waals surface area contributed by atoms with Gasteiger partial charge in [-0.3, -0.25) is 4.79 Å². The molecule has 3 atom stereocenters. The van der Waals surface area contributed by atoms with Crippen LogP contribution < -0.4 is 11.5 Å². The van der Waals surface area contributed by atoms with Crippen molar-refractivity contribution in [1.29, 1.82) is 0 Å². The van der Waals surface area contributed by atoms with Crippen molar-refractivity contribution in [2.45, 2.75) is 25.0 Å². The molecule has 0 aliphatic rings. The molecule has 0 radical (unpaired) electrons. The van der Waals surface area contributed by atoms with Gasteiger partial charge in [-0.1, -0.05) is 0 Å². The third-order valence-corrected chi connectivity index (χ3v) is 2.17. The van der Waals surface area contributed by atoms with Crippen LogP contribution in [0, 0.1) is 5.92 Å². The average Bonchev–Trinajstić information content (AvgIpc) is 2.17. The Morgan fingerprint density at radius 1 is 1.13 bits per heavy atom. The maximum Gasteiger partial charge on any atom is 0.332 e. The molecule has 2 unspecified atom stereocenters. The minimum absolute atomic E-state index is 0.0280. The van der Waals surface area contributed by atoms with Gasteiger partial charge < -0.3 is 26.8 Å². The molecule has 15 heavy (non-hydrogen) atoms. The zero-order valence-electron chi connectivity index (χ0n) is 8.17. The molecular formula is C8H16N2O5. The number of nitrogens with two attached hydrogens (primary N) is 2. The lowest BCUT2D eigenvalue weighted by Gasteiger charge is -2.18. The molecule has 0 amide bonds. The summed E-state index contributed by atoms with van der Waals surface area (Å²) < 4.78 is 0. The van der Waals surface area contributed by atoms with Crippen LogP contribution in [0.3, 0.4) is 0 Å². The molecule has 0 saturated heterocycles. The monoisotopic (exact) mass is 220 g/mol. The summed E-state index contributed by atoms with van der Waals surface area (Å²) in [6.45, 7) is -0.0280. The fourth-order valence-electron chi connectivity index (χ4n) is 1.12. The first-order valence-electron chi connectivity index (χ1n) is 4.49. The molecular weight excluding hydrogens is 204 g/mol. The normalized spacial score (nSPS) is 16.7. The highest BCUT2D eigenvalue weighted by Gasteiger charge is 2.25. The van der Waals surface area contributed by atoms with E-state index < -0.39 is 30.0 Å². The first kappa shape index (κ1) is 13.8. The lowest BCUT2D eigenvalue weighted by Crippen LogP contribution is -2.37. The van der Waals surface area contributed by atoms with Crippen molar-refractivity contribution in [2.24, 2.45) is 17.4 Å². The van der Waals surface area contributed by atoms with Crippen LogP contribution in [0.5, 0.6) is 0 Å². The van der Waals surface area contributed by atoms with Crippen molar-refractivity contribution in [3.63, 3.8) is 0 Å². The van der Waals surface area contributed by atoms with Crippen LogP contribution in [0.25, 0.3) is 0 Å². The molecule has 0 aromatic heterocycles. The van der Waals surface area contributed by atoms with Crippen molar-refractivity contribution in [3.8, 4) is 0 Å². The van der Waals surface area contributed by atoms with Gasteiger partial charge in [0.2, 0.25) is 0 Å². The fourth-order valence-corrected chi connectivity index (χ4v) is 1.12. The van der Waals surface area contributed by atoms with Gasteiger partial charge in [0.05, 0.1) is 0 Å². The summed E-state index contributed by atoms with van der Waals surface area (Å²) in [5, 5.41) is 26.2. The quantitative estimate of drug-likeness (QED) is 0.340. The summed E-state index contributed by atoms with van der Waals surface area (Å²) in [6.07, 6.45) is -1.32. The van der Waals surface area contributed by atoms with Crippen LogP contribution in [0.1, 0.15) is 12.8 Å². The lowest BCUT2D eigenvalue weighted by molar-refractivity contribution is -0.149. The standard InChI is InChI=1S/C8H16N2O5/c9-3-4(6(11)8(14)15)1-2-5(10)7(12)13/h4-6,11H,1-3,9-10H2,(H,12,13)(H,14,15)/t4?,5-,6?/m0/s1. The van der Waals surface area contributed by atoms with Crippen LogP contribution in [0.4, 0.5) is 0 Å². The van der Waals surface area contributed by atoms with Gasteiger partial charge in [0.1, 0.15) is 6.04 Å². The van der Waals surface area contributed by atoms with Crippen molar-refractivity contribution >= 4 is 11.9 Å². The zero-order chi connectivity index (χ0) is 12.0. The number of rotatable bonds is 7. The van der Waals surface area contributed by atoms with E-state index in [-0.39, 0.29) is 19.4 Å². The second-order valence-electron chi connectivity index (χ2n) is 3.30. The number of hydrogen-bond acceptors (Lipinski definition) is 5. The van der Waals surface area contributed by atoms with Crippen LogP contribution in [-0.2, 0) is 9.59 Å². The Labute approximate surface area is 86.7 Å². The smallest absolute Gasteiger partial charge is 0.332 e. The second-order valence-corrected chi connectivity index (χ2v) is 3.30. The Balaban J connectivity index is 4.11. The van der Waals surface area contributed by atoms with Crippen molar-refractivity contribution in [2.75, 3.05) is 6.54 Å². The number of carboxylic acid groups (broad SMARTS) is 2. The Kier molecular flexibility index (Phi) is 5.83. The van der Waals surface area contributed by atoms with E-state index in [9.17, 15) is 9.59 Å². The number of aliphatic carboxylic acids is 2. The zero-order valence-corrected chi connectivity index (χ0v) is 8.17. The molecule has 7 N–H and O–H groups in total. The molecule has 0 bridgehead atoms. The minimum Gasteiger partial charge on any atom is -0.480 e. The Morgan fingerprint density at radius 2 is 1.67 bits per heavy atom. The number of carboxylic acids is 2. The summed E-state index contributed by atoms with van der Waals surface area (Å²) in [5.74, 6) is -3.20. The topological polar surface area (TPSA) is 147 Å². The highest BCUT2D eigenvalue weighted by molar-refractivity contribution is 5.73. The average molecular weight is 220 g/mol. The van der Waals surface area contributed by atoms with E-state index in [1.807, 2.05) is 0 Å². The highest BCUT2D eigenvalue weighted by Crippen LogP contribution is 2.12. The van der Waals surface area contributed by atoms with Crippen LogP contribution in [0.2, 0.25) is 0 Å². The molecule has 0 aromatic rings. The van der Waals surface area contributed by atoms with E-state index in [2.05, 4.69) is 0 Å². The maximum absolute atomic E-state index is 10.4. The molecule has 0 heterocycles. The van der Waals surface area contributed by atoms with Crippen molar-refractivity contribution in [3.05, 3.63) is 0 Å². The van der Waals surface area contributed by atoms with Gasteiger partial charge in [-0.05, 0) is 19.4 Å². The fraction of sp³-hybridized carbons (Fsp3) is 0.750. The first-order valence-corrected chi connectivity index (χ1v) is 4.49. The van der Waals surface area contributed by atoms with E-state index in [4.69, 9.17) is 26.8 Å². The molecule has 88 valence electrons. The van der Waals surface area contributed by atoms with E-state index >= 15 is 0 Å². The molecule has 0 rings (SSSR count). The number of carbonyl (C=O) groups is 2. The third kappa shape index (κ3) is 4.73. The molecule has 0 fully saturated rings. The Morgan fingerprint density at radius 3 is 2.00 bits per heavy atom. The SMILES string of the molecule is NCC(CC[C@H](N)C(=O)O)C(O)C(=O)O. The van der Waals surface area contributed by atoms with E-state index in [0.29, 0.717) is 0 Å². The molecule has 0 spiro atoms. The largest absolute Gasteiger partial charge is 0.480 e. The minimum atomic E-state index is -1.57. The van der Waals surface area contributed by atoms with Crippen molar-refractivity contribution < 1.29 is 24.9 Å².